The fourth-order valence-corrected chi connectivity index (χ4v) is 2.51. The highest BCUT2D eigenvalue weighted by atomic mass is 35.5. The minimum Gasteiger partial charge on any atom is -0.347 e. The molecule has 0 radical (unpaired) electrons. The summed E-state index contributed by atoms with van der Waals surface area (Å²) in [5.74, 6) is -0.392. The number of rotatable bonds is 4. The topological polar surface area (TPSA) is 85.1 Å². The van der Waals surface area contributed by atoms with E-state index in [1.54, 1.807) is 24.5 Å². The highest BCUT2D eigenvalue weighted by Crippen LogP contribution is 2.33. The fourth-order valence-electron chi connectivity index (χ4n) is 1.37. The number of aromatic nitrogens is 1. The molecule has 98 valence electrons. The molecule has 6 nitrogen and oxygen atoms in total. The molecule has 2 rings (SSSR count). The molecule has 0 aliphatic carbocycles. The summed E-state index contributed by atoms with van der Waals surface area (Å²) in [6.45, 7) is 0.324. The van der Waals surface area contributed by atoms with E-state index in [2.05, 4.69) is 10.3 Å². The summed E-state index contributed by atoms with van der Waals surface area (Å²) in [5.41, 5.74) is 0.640. The average molecular weight is 298 g/mol. The van der Waals surface area contributed by atoms with E-state index in [0.717, 1.165) is 16.9 Å². The first kappa shape index (κ1) is 13.4. The summed E-state index contributed by atoms with van der Waals surface area (Å²) >= 11 is 6.58. The van der Waals surface area contributed by atoms with Gasteiger partial charge in [-0.25, -0.2) is 0 Å². The number of nitrogens with zero attached hydrogens (tertiary/aromatic N) is 2. The van der Waals surface area contributed by atoms with Crippen LogP contribution in [0.15, 0.2) is 30.6 Å². The molecule has 2 heterocycles. The Morgan fingerprint density at radius 2 is 2.16 bits per heavy atom. The van der Waals surface area contributed by atoms with E-state index in [1.807, 2.05) is 0 Å². The molecule has 0 unspecified atom stereocenters. The van der Waals surface area contributed by atoms with Crippen molar-refractivity contribution in [3.63, 3.8) is 0 Å². The molecular weight excluding hydrogens is 290 g/mol. The number of hydrogen-bond acceptors (Lipinski definition) is 5. The van der Waals surface area contributed by atoms with Crippen molar-refractivity contribution >= 4 is 34.5 Å². The Kier molecular flexibility index (Phi) is 4.08. The van der Waals surface area contributed by atoms with E-state index in [4.69, 9.17) is 11.6 Å². The zero-order valence-corrected chi connectivity index (χ0v) is 11.1. The quantitative estimate of drug-likeness (QED) is 0.694. The van der Waals surface area contributed by atoms with Crippen LogP contribution in [-0.2, 0) is 6.54 Å². The molecule has 2 aromatic heterocycles. The second-order valence-corrected chi connectivity index (χ2v) is 5.22. The smallest absolute Gasteiger partial charge is 0.299 e. The second kappa shape index (κ2) is 5.77. The maximum Gasteiger partial charge on any atom is 0.299 e. The number of amides is 1. The summed E-state index contributed by atoms with van der Waals surface area (Å²) in [7, 11) is 0. The van der Waals surface area contributed by atoms with Gasteiger partial charge in [0.05, 0.1) is 4.92 Å². The monoisotopic (exact) mass is 297 g/mol. The third-order valence-corrected chi connectivity index (χ3v) is 3.63. The van der Waals surface area contributed by atoms with E-state index >= 15 is 0 Å². The van der Waals surface area contributed by atoms with Crippen LogP contribution in [0.3, 0.4) is 0 Å². The molecule has 0 fully saturated rings. The number of nitro groups is 1. The van der Waals surface area contributed by atoms with Crippen LogP contribution in [0.4, 0.5) is 5.69 Å². The number of hydrogen-bond donors (Lipinski definition) is 1. The number of nitrogens with one attached hydrogen (secondary N) is 1. The normalized spacial score (nSPS) is 10.2. The van der Waals surface area contributed by atoms with Crippen LogP contribution in [0.1, 0.15) is 15.2 Å². The van der Waals surface area contributed by atoms with E-state index in [-0.39, 0.29) is 14.9 Å². The molecule has 1 amide bonds. The first-order valence-electron chi connectivity index (χ1n) is 5.18. The number of carbonyl (C=O) groups excluding carboxylic acids is 1. The molecular formula is C11H8ClN3O3S. The van der Waals surface area contributed by atoms with Crippen molar-refractivity contribution in [2.24, 2.45) is 0 Å². The van der Waals surface area contributed by atoms with Gasteiger partial charge < -0.3 is 5.32 Å². The predicted molar refractivity (Wildman–Crippen MR) is 71.4 cm³/mol. The lowest BCUT2D eigenvalue weighted by Gasteiger charge is -2.02. The van der Waals surface area contributed by atoms with Crippen molar-refractivity contribution in [2.45, 2.75) is 6.54 Å². The summed E-state index contributed by atoms with van der Waals surface area (Å²) in [4.78, 5) is 25.9. The van der Waals surface area contributed by atoms with Crippen molar-refractivity contribution < 1.29 is 9.72 Å². The Morgan fingerprint density at radius 1 is 1.47 bits per heavy atom. The summed E-state index contributed by atoms with van der Waals surface area (Å²) in [6.07, 6.45) is 3.24. The lowest BCUT2D eigenvalue weighted by Crippen LogP contribution is -2.21. The second-order valence-electron chi connectivity index (χ2n) is 3.56. The molecule has 8 heteroatoms. The van der Waals surface area contributed by atoms with Gasteiger partial charge in [-0.2, -0.15) is 0 Å². The molecule has 19 heavy (non-hydrogen) atoms. The Labute approximate surface area is 117 Å². The maximum absolute atomic E-state index is 11.8. The Balaban J connectivity index is 2.04. The van der Waals surface area contributed by atoms with Crippen molar-refractivity contribution in [1.29, 1.82) is 0 Å². The SMILES string of the molecule is O=C(NCc1ccncc1)c1cc([N+](=O)[O-])c(Cl)s1. The molecule has 0 bridgehead atoms. The zero-order valence-electron chi connectivity index (χ0n) is 9.50. The first-order chi connectivity index (χ1) is 9.08. The summed E-state index contributed by atoms with van der Waals surface area (Å²) < 4.78 is -0.000869. The average Bonchev–Trinajstić information content (AvgIpc) is 2.79. The van der Waals surface area contributed by atoms with E-state index < -0.39 is 10.8 Å². The van der Waals surface area contributed by atoms with Gasteiger partial charge in [-0.15, -0.1) is 11.3 Å². The number of halogens is 1. The molecule has 0 atom stereocenters. The van der Waals surface area contributed by atoms with Crippen LogP contribution in [0.25, 0.3) is 0 Å². The van der Waals surface area contributed by atoms with Crippen molar-refractivity contribution in [3.8, 4) is 0 Å². The molecule has 0 aromatic carbocycles. The van der Waals surface area contributed by atoms with Crippen LogP contribution in [0.5, 0.6) is 0 Å². The van der Waals surface area contributed by atoms with Gasteiger partial charge in [0.15, 0.2) is 4.34 Å². The third kappa shape index (κ3) is 3.27. The number of carbonyl (C=O) groups is 1. The van der Waals surface area contributed by atoms with Crippen LogP contribution < -0.4 is 5.32 Å². The van der Waals surface area contributed by atoms with Crippen LogP contribution in [0.2, 0.25) is 4.34 Å². The first-order valence-corrected chi connectivity index (χ1v) is 6.38. The van der Waals surface area contributed by atoms with Crippen molar-refractivity contribution in [2.75, 3.05) is 0 Å². The van der Waals surface area contributed by atoms with Gasteiger partial charge in [0.2, 0.25) is 0 Å². The number of thiophene rings is 1. The van der Waals surface area contributed by atoms with E-state index in [0.29, 0.717) is 6.54 Å². The van der Waals surface area contributed by atoms with Gasteiger partial charge in [-0.3, -0.25) is 19.9 Å². The number of pyridine rings is 1. The fraction of sp³-hybridized carbons (Fsp3) is 0.0909. The summed E-state index contributed by atoms with van der Waals surface area (Å²) in [6, 6.07) is 4.71. The minimum atomic E-state index is -0.613. The van der Waals surface area contributed by atoms with E-state index in [1.165, 1.54) is 6.07 Å². The van der Waals surface area contributed by atoms with Gasteiger partial charge in [0.25, 0.3) is 11.6 Å². The van der Waals surface area contributed by atoms with Crippen molar-refractivity contribution in [1.82, 2.24) is 10.3 Å². The van der Waals surface area contributed by atoms with Gasteiger partial charge in [0, 0.05) is 25.0 Å². The van der Waals surface area contributed by atoms with Gasteiger partial charge in [-0.05, 0) is 17.7 Å². The Hall–Kier alpha value is -1.99. The third-order valence-electron chi connectivity index (χ3n) is 2.29. The largest absolute Gasteiger partial charge is 0.347 e. The molecule has 2 aromatic rings. The molecule has 1 N–H and O–H groups in total. The summed E-state index contributed by atoms with van der Waals surface area (Å²) in [5, 5.41) is 13.3. The lowest BCUT2D eigenvalue weighted by atomic mass is 10.2. The van der Waals surface area contributed by atoms with Gasteiger partial charge in [0.1, 0.15) is 4.88 Å². The molecule has 0 saturated carbocycles. The highest BCUT2D eigenvalue weighted by Gasteiger charge is 2.20. The van der Waals surface area contributed by atoms with E-state index in [9.17, 15) is 14.9 Å². The van der Waals surface area contributed by atoms with Gasteiger partial charge >= 0.3 is 0 Å². The highest BCUT2D eigenvalue weighted by molar-refractivity contribution is 7.18. The zero-order chi connectivity index (χ0) is 13.8. The lowest BCUT2D eigenvalue weighted by molar-refractivity contribution is -0.384. The Morgan fingerprint density at radius 3 is 2.74 bits per heavy atom. The van der Waals surface area contributed by atoms with Crippen LogP contribution in [0, 0.1) is 10.1 Å². The standard InChI is InChI=1S/C11H8ClN3O3S/c12-10-8(15(17)18)5-9(19-10)11(16)14-6-7-1-3-13-4-2-7/h1-5H,6H2,(H,14,16). The predicted octanol–water partition coefficient (Wildman–Crippen LogP) is 2.63. The Bertz CT molecular complexity index is 615. The minimum absolute atomic E-state index is 0.000869. The molecule has 0 saturated heterocycles. The van der Waals surface area contributed by atoms with Crippen molar-refractivity contribution in [3.05, 3.63) is 55.5 Å². The maximum atomic E-state index is 11.8. The molecule has 0 aliphatic rings. The van der Waals surface area contributed by atoms with Gasteiger partial charge in [-0.1, -0.05) is 11.6 Å². The van der Waals surface area contributed by atoms with Crippen LogP contribution in [-0.4, -0.2) is 15.8 Å². The molecule has 0 spiro atoms. The van der Waals surface area contributed by atoms with Crippen LogP contribution >= 0.6 is 22.9 Å². The molecule has 0 aliphatic heterocycles.